The standard InChI is InChI=1S/C12H18N2O2/c1-9(14-12(16)11(13)8-15)7-10-5-3-2-4-6-10/h2-6,9,11,15H,7-8,13H2,1H3,(H,14,16). The van der Waals surface area contributed by atoms with Gasteiger partial charge in [0, 0.05) is 6.04 Å². The fourth-order valence-electron chi connectivity index (χ4n) is 1.45. The lowest BCUT2D eigenvalue weighted by Gasteiger charge is -2.16. The van der Waals surface area contributed by atoms with E-state index >= 15 is 0 Å². The molecule has 0 saturated carbocycles. The Hall–Kier alpha value is -1.39. The van der Waals surface area contributed by atoms with E-state index in [1.165, 1.54) is 0 Å². The van der Waals surface area contributed by atoms with Crippen LogP contribution in [0.3, 0.4) is 0 Å². The van der Waals surface area contributed by atoms with Crippen molar-refractivity contribution < 1.29 is 9.90 Å². The van der Waals surface area contributed by atoms with Crippen molar-refractivity contribution in [2.45, 2.75) is 25.4 Å². The van der Waals surface area contributed by atoms with Gasteiger partial charge in [-0.3, -0.25) is 4.79 Å². The maximum Gasteiger partial charge on any atom is 0.239 e. The normalized spacial score (nSPS) is 14.2. The Morgan fingerprint density at radius 3 is 2.62 bits per heavy atom. The first-order valence-electron chi connectivity index (χ1n) is 5.34. The van der Waals surface area contributed by atoms with E-state index < -0.39 is 6.04 Å². The first-order valence-corrected chi connectivity index (χ1v) is 5.34. The van der Waals surface area contributed by atoms with Crippen LogP contribution < -0.4 is 11.1 Å². The summed E-state index contributed by atoms with van der Waals surface area (Å²) in [5.41, 5.74) is 6.56. The Bertz CT molecular complexity index is 327. The molecular formula is C12H18N2O2. The lowest BCUT2D eigenvalue weighted by atomic mass is 10.1. The summed E-state index contributed by atoms with van der Waals surface area (Å²) < 4.78 is 0. The largest absolute Gasteiger partial charge is 0.394 e. The number of carbonyl (C=O) groups is 1. The van der Waals surface area contributed by atoms with Crippen molar-refractivity contribution in [3.8, 4) is 0 Å². The van der Waals surface area contributed by atoms with Gasteiger partial charge in [0.1, 0.15) is 6.04 Å². The summed E-state index contributed by atoms with van der Waals surface area (Å²) in [6.07, 6.45) is 0.755. The number of hydrogen-bond acceptors (Lipinski definition) is 3. The minimum Gasteiger partial charge on any atom is -0.394 e. The molecule has 0 aromatic heterocycles. The van der Waals surface area contributed by atoms with E-state index in [0.717, 1.165) is 12.0 Å². The highest BCUT2D eigenvalue weighted by Gasteiger charge is 2.14. The van der Waals surface area contributed by atoms with Crippen LogP contribution in [0, 0.1) is 0 Å². The summed E-state index contributed by atoms with van der Waals surface area (Å²) in [6, 6.07) is 9.07. The Labute approximate surface area is 95.5 Å². The van der Waals surface area contributed by atoms with Crippen LogP contribution in [-0.2, 0) is 11.2 Å². The smallest absolute Gasteiger partial charge is 0.239 e. The Morgan fingerprint density at radius 2 is 2.06 bits per heavy atom. The van der Waals surface area contributed by atoms with Crippen molar-refractivity contribution in [3.05, 3.63) is 35.9 Å². The second-order valence-electron chi connectivity index (χ2n) is 3.89. The van der Waals surface area contributed by atoms with Crippen molar-refractivity contribution in [1.29, 1.82) is 0 Å². The van der Waals surface area contributed by atoms with Crippen LogP contribution in [0.4, 0.5) is 0 Å². The lowest BCUT2D eigenvalue weighted by molar-refractivity contribution is -0.123. The molecule has 4 N–H and O–H groups in total. The average Bonchev–Trinajstić information content (AvgIpc) is 2.29. The minimum absolute atomic E-state index is 0.00694. The lowest BCUT2D eigenvalue weighted by Crippen LogP contribution is -2.46. The Kier molecular flexibility index (Phi) is 4.95. The molecule has 0 fully saturated rings. The number of hydrogen-bond donors (Lipinski definition) is 3. The molecule has 0 aliphatic heterocycles. The molecule has 0 aliphatic rings. The van der Waals surface area contributed by atoms with Crippen LogP contribution >= 0.6 is 0 Å². The average molecular weight is 222 g/mol. The molecule has 1 aromatic rings. The van der Waals surface area contributed by atoms with Gasteiger partial charge < -0.3 is 16.2 Å². The first kappa shape index (κ1) is 12.7. The summed E-state index contributed by atoms with van der Waals surface area (Å²) in [6.45, 7) is 1.58. The van der Waals surface area contributed by atoms with E-state index in [1.807, 2.05) is 37.3 Å². The molecule has 16 heavy (non-hydrogen) atoms. The van der Waals surface area contributed by atoms with Crippen LogP contribution in [0.1, 0.15) is 12.5 Å². The minimum atomic E-state index is -0.835. The molecule has 0 aliphatic carbocycles. The maximum absolute atomic E-state index is 11.4. The Balaban J connectivity index is 2.42. The van der Waals surface area contributed by atoms with Gasteiger partial charge in [-0.25, -0.2) is 0 Å². The van der Waals surface area contributed by atoms with E-state index in [0.29, 0.717) is 0 Å². The third-order valence-corrected chi connectivity index (χ3v) is 2.31. The van der Waals surface area contributed by atoms with Gasteiger partial charge in [0.05, 0.1) is 6.61 Å². The number of aliphatic hydroxyl groups excluding tert-OH is 1. The molecule has 1 amide bonds. The zero-order chi connectivity index (χ0) is 12.0. The van der Waals surface area contributed by atoms with Gasteiger partial charge in [-0.05, 0) is 18.9 Å². The summed E-state index contributed by atoms with van der Waals surface area (Å²) in [4.78, 5) is 11.4. The third-order valence-electron chi connectivity index (χ3n) is 2.31. The molecule has 2 atom stereocenters. The van der Waals surface area contributed by atoms with E-state index in [2.05, 4.69) is 5.32 Å². The van der Waals surface area contributed by atoms with Crippen molar-refractivity contribution >= 4 is 5.91 Å². The zero-order valence-corrected chi connectivity index (χ0v) is 9.39. The summed E-state index contributed by atoms with van der Waals surface area (Å²) >= 11 is 0. The second-order valence-corrected chi connectivity index (χ2v) is 3.89. The van der Waals surface area contributed by atoms with Crippen LogP contribution in [0.5, 0.6) is 0 Å². The number of nitrogens with two attached hydrogens (primary N) is 1. The Morgan fingerprint density at radius 1 is 1.44 bits per heavy atom. The van der Waals surface area contributed by atoms with E-state index in [9.17, 15) is 4.79 Å². The molecule has 0 radical (unpaired) electrons. The van der Waals surface area contributed by atoms with Crippen LogP contribution in [0.25, 0.3) is 0 Å². The number of benzene rings is 1. The molecule has 0 bridgehead atoms. The fraction of sp³-hybridized carbons (Fsp3) is 0.417. The van der Waals surface area contributed by atoms with Gasteiger partial charge in [-0.1, -0.05) is 30.3 Å². The van der Waals surface area contributed by atoms with Crippen LogP contribution in [0.15, 0.2) is 30.3 Å². The first-order chi connectivity index (χ1) is 7.63. The SMILES string of the molecule is CC(Cc1ccccc1)NC(=O)C(N)CO. The zero-order valence-electron chi connectivity index (χ0n) is 9.39. The molecule has 4 heteroatoms. The van der Waals surface area contributed by atoms with Gasteiger partial charge >= 0.3 is 0 Å². The van der Waals surface area contributed by atoms with E-state index in [-0.39, 0.29) is 18.6 Å². The van der Waals surface area contributed by atoms with Gasteiger partial charge in [0.25, 0.3) is 0 Å². The van der Waals surface area contributed by atoms with Gasteiger partial charge in [0.15, 0.2) is 0 Å². The van der Waals surface area contributed by atoms with Gasteiger partial charge in [-0.15, -0.1) is 0 Å². The predicted octanol–water partition coefficient (Wildman–Crippen LogP) is 0.0534. The molecule has 0 saturated heterocycles. The number of amides is 1. The highest BCUT2D eigenvalue weighted by molar-refractivity contribution is 5.81. The second kappa shape index (κ2) is 6.25. The third kappa shape index (κ3) is 4.00. The van der Waals surface area contributed by atoms with Crippen molar-refractivity contribution in [1.82, 2.24) is 5.32 Å². The summed E-state index contributed by atoms with van der Waals surface area (Å²) in [7, 11) is 0. The summed E-state index contributed by atoms with van der Waals surface area (Å²) in [5.74, 6) is -0.314. The van der Waals surface area contributed by atoms with Crippen molar-refractivity contribution in [2.75, 3.05) is 6.61 Å². The number of nitrogens with one attached hydrogen (secondary N) is 1. The molecular weight excluding hydrogens is 204 g/mol. The predicted molar refractivity (Wildman–Crippen MR) is 62.8 cm³/mol. The summed E-state index contributed by atoms with van der Waals surface area (Å²) in [5, 5.41) is 11.5. The number of aliphatic hydroxyl groups is 1. The number of rotatable bonds is 5. The van der Waals surface area contributed by atoms with Crippen molar-refractivity contribution in [3.63, 3.8) is 0 Å². The molecule has 0 spiro atoms. The molecule has 0 heterocycles. The monoisotopic (exact) mass is 222 g/mol. The highest BCUT2D eigenvalue weighted by atomic mass is 16.3. The molecule has 1 aromatic carbocycles. The van der Waals surface area contributed by atoms with Gasteiger partial charge in [-0.2, -0.15) is 0 Å². The molecule has 88 valence electrons. The quantitative estimate of drug-likeness (QED) is 0.659. The number of carbonyl (C=O) groups excluding carboxylic acids is 1. The molecule has 2 unspecified atom stereocenters. The van der Waals surface area contributed by atoms with Gasteiger partial charge in [0.2, 0.25) is 5.91 Å². The maximum atomic E-state index is 11.4. The van der Waals surface area contributed by atoms with Crippen molar-refractivity contribution in [2.24, 2.45) is 5.73 Å². The highest BCUT2D eigenvalue weighted by Crippen LogP contribution is 2.02. The fourth-order valence-corrected chi connectivity index (χ4v) is 1.45. The topological polar surface area (TPSA) is 75.4 Å². The van der Waals surface area contributed by atoms with Crippen LogP contribution in [-0.4, -0.2) is 29.7 Å². The molecule has 4 nitrogen and oxygen atoms in total. The van der Waals surface area contributed by atoms with Crippen LogP contribution in [0.2, 0.25) is 0 Å². The molecule has 1 rings (SSSR count). The van der Waals surface area contributed by atoms with E-state index in [1.54, 1.807) is 0 Å². The van der Waals surface area contributed by atoms with E-state index in [4.69, 9.17) is 10.8 Å².